The van der Waals surface area contributed by atoms with E-state index in [2.05, 4.69) is 12.6 Å². The summed E-state index contributed by atoms with van der Waals surface area (Å²) in [6, 6.07) is 6.99. The van der Waals surface area contributed by atoms with Crippen LogP contribution in [0.4, 0.5) is 13.2 Å². The summed E-state index contributed by atoms with van der Waals surface area (Å²) in [6.45, 7) is 0. The van der Waals surface area contributed by atoms with Crippen LogP contribution in [-0.4, -0.2) is 11.3 Å². The number of hydrogen-bond acceptors (Lipinski definition) is 1. The number of halogens is 3. The molecule has 14 heavy (non-hydrogen) atoms. The van der Waals surface area contributed by atoms with Crippen LogP contribution < -0.4 is 0 Å². The Hall–Kier alpha value is -0.970. The summed E-state index contributed by atoms with van der Waals surface area (Å²) >= 11 is 3.24. The molecular formula is C9H7F3OS. The SMILES string of the molecule is O=C(S)C(c1ccccc1)C(F)(F)F. The molecule has 0 aliphatic heterocycles. The van der Waals surface area contributed by atoms with Crippen LogP contribution in [0.3, 0.4) is 0 Å². The Kier molecular flexibility index (Phi) is 3.21. The average molecular weight is 220 g/mol. The van der Waals surface area contributed by atoms with E-state index in [0.717, 1.165) is 0 Å². The van der Waals surface area contributed by atoms with Crippen molar-refractivity contribution >= 4 is 17.7 Å². The lowest BCUT2D eigenvalue weighted by molar-refractivity contribution is -0.157. The monoisotopic (exact) mass is 220 g/mol. The number of carbonyl (C=O) groups is 1. The van der Waals surface area contributed by atoms with E-state index in [-0.39, 0.29) is 5.56 Å². The minimum atomic E-state index is -4.58. The lowest BCUT2D eigenvalue weighted by Gasteiger charge is -2.16. The fourth-order valence-electron chi connectivity index (χ4n) is 1.12. The first-order chi connectivity index (χ1) is 6.43. The lowest BCUT2D eigenvalue weighted by Crippen LogP contribution is -2.25. The van der Waals surface area contributed by atoms with Gasteiger partial charge in [-0.3, -0.25) is 4.79 Å². The van der Waals surface area contributed by atoms with Gasteiger partial charge in [0.25, 0.3) is 0 Å². The topological polar surface area (TPSA) is 17.1 Å². The highest BCUT2D eigenvalue weighted by atomic mass is 32.1. The molecule has 0 aliphatic carbocycles. The van der Waals surface area contributed by atoms with Gasteiger partial charge in [0.2, 0.25) is 5.12 Å². The van der Waals surface area contributed by atoms with Crippen LogP contribution in [0.2, 0.25) is 0 Å². The summed E-state index contributed by atoms with van der Waals surface area (Å²) in [7, 11) is 0. The quantitative estimate of drug-likeness (QED) is 0.758. The number of thiol groups is 1. The largest absolute Gasteiger partial charge is 0.403 e. The van der Waals surface area contributed by atoms with Gasteiger partial charge in [-0.15, -0.1) is 12.6 Å². The van der Waals surface area contributed by atoms with Gasteiger partial charge >= 0.3 is 6.18 Å². The maximum absolute atomic E-state index is 12.4. The zero-order valence-electron chi connectivity index (χ0n) is 6.95. The summed E-state index contributed by atoms with van der Waals surface area (Å²) in [5.74, 6) is -2.13. The summed E-state index contributed by atoms with van der Waals surface area (Å²) in [6.07, 6.45) is -4.58. The molecule has 0 aliphatic rings. The third kappa shape index (κ3) is 2.51. The molecule has 0 N–H and O–H groups in total. The minimum absolute atomic E-state index is 0.0833. The van der Waals surface area contributed by atoms with Gasteiger partial charge in [-0.05, 0) is 5.56 Å². The predicted molar refractivity (Wildman–Crippen MR) is 49.2 cm³/mol. The van der Waals surface area contributed by atoms with E-state index in [9.17, 15) is 18.0 Å². The molecule has 0 spiro atoms. The molecule has 0 amide bonds. The molecule has 0 saturated carbocycles. The zero-order valence-corrected chi connectivity index (χ0v) is 7.85. The van der Waals surface area contributed by atoms with Crippen molar-refractivity contribution in [3.05, 3.63) is 35.9 Å². The van der Waals surface area contributed by atoms with Gasteiger partial charge in [-0.25, -0.2) is 0 Å². The number of hydrogen-bond donors (Lipinski definition) is 1. The molecule has 5 heteroatoms. The third-order valence-electron chi connectivity index (χ3n) is 1.71. The zero-order chi connectivity index (χ0) is 10.8. The highest BCUT2D eigenvalue weighted by molar-refractivity contribution is 7.96. The predicted octanol–water partition coefficient (Wildman–Crippen LogP) is 2.79. The Morgan fingerprint density at radius 1 is 1.21 bits per heavy atom. The van der Waals surface area contributed by atoms with E-state index < -0.39 is 17.2 Å². The normalized spacial score (nSPS) is 13.7. The molecule has 0 heterocycles. The molecule has 0 radical (unpaired) electrons. The van der Waals surface area contributed by atoms with Crippen molar-refractivity contribution in [1.82, 2.24) is 0 Å². The molecule has 76 valence electrons. The van der Waals surface area contributed by atoms with Crippen LogP contribution in [0.1, 0.15) is 11.5 Å². The minimum Gasteiger partial charge on any atom is -0.286 e. The Bertz CT molecular complexity index is 321. The van der Waals surface area contributed by atoms with Gasteiger partial charge < -0.3 is 0 Å². The van der Waals surface area contributed by atoms with Gasteiger partial charge in [0.05, 0.1) is 0 Å². The first-order valence-electron chi connectivity index (χ1n) is 3.77. The lowest BCUT2D eigenvalue weighted by atomic mass is 10.0. The van der Waals surface area contributed by atoms with Crippen molar-refractivity contribution < 1.29 is 18.0 Å². The number of rotatable bonds is 2. The first kappa shape index (κ1) is 11.1. The van der Waals surface area contributed by atoms with Gasteiger partial charge in [0.1, 0.15) is 5.92 Å². The van der Waals surface area contributed by atoms with Crippen LogP contribution in [-0.2, 0) is 4.79 Å². The summed E-state index contributed by atoms with van der Waals surface area (Å²) in [4.78, 5) is 10.7. The van der Waals surface area contributed by atoms with E-state index in [1.165, 1.54) is 24.3 Å². The Morgan fingerprint density at radius 2 is 1.71 bits per heavy atom. The van der Waals surface area contributed by atoms with Gasteiger partial charge in [0, 0.05) is 0 Å². The molecule has 1 nitrogen and oxygen atoms in total. The Morgan fingerprint density at radius 3 is 2.07 bits per heavy atom. The van der Waals surface area contributed by atoms with Crippen molar-refractivity contribution in [2.24, 2.45) is 0 Å². The first-order valence-corrected chi connectivity index (χ1v) is 4.22. The van der Waals surface area contributed by atoms with Crippen molar-refractivity contribution in [1.29, 1.82) is 0 Å². The van der Waals surface area contributed by atoms with E-state index in [1.807, 2.05) is 0 Å². The molecule has 0 fully saturated rings. The Balaban J connectivity index is 3.08. The molecular weight excluding hydrogens is 213 g/mol. The number of benzene rings is 1. The van der Waals surface area contributed by atoms with Gasteiger partial charge in [-0.2, -0.15) is 13.2 Å². The van der Waals surface area contributed by atoms with Crippen molar-refractivity contribution in [3.8, 4) is 0 Å². The molecule has 1 aromatic carbocycles. The molecule has 1 aromatic rings. The van der Waals surface area contributed by atoms with E-state index in [0.29, 0.717) is 0 Å². The van der Waals surface area contributed by atoms with Crippen LogP contribution >= 0.6 is 12.6 Å². The third-order valence-corrected chi connectivity index (χ3v) is 1.97. The van der Waals surface area contributed by atoms with E-state index in [4.69, 9.17) is 0 Å². The summed E-state index contributed by atoms with van der Waals surface area (Å²) in [5, 5.41) is -1.19. The Labute approximate surface area is 84.3 Å². The fraction of sp³-hybridized carbons (Fsp3) is 0.222. The summed E-state index contributed by atoms with van der Waals surface area (Å²) in [5.41, 5.74) is -0.0833. The van der Waals surface area contributed by atoms with E-state index in [1.54, 1.807) is 6.07 Å². The van der Waals surface area contributed by atoms with Crippen LogP contribution in [0.5, 0.6) is 0 Å². The van der Waals surface area contributed by atoms with Crippen molar-refractivity contribution in [2.75, 3.05) is 0 Å². The number of alkyl halides is 3. The molecule has 0 saturated heterocycles. The standard InChI is InChI=1S/C9H7F3OS/c10-9(11,12)7(8(13)14)6-4-2-1-3-5-6/h1-5,7H,(H,13,14). The van der Waals surface area contributed by atoms with Crippen molar-refractivity contribution in [2.45, 2.75) is 12.1 Å². The van der Waals surface area contributed by atoms with Crippen LogP contribution in [0.15, 0.2) is 30.3 Å². The molecule has 1 atom stereocenters. The average Bonchev–Trinajstić information content (AvgIpc) is 2.02. The molecule has 0 aromatic heterocycles. The van der Waals surface area contributed by atoms with Gasteiger partial charge in [-0.1, -0.05) is 30.3 Å². The second-order valence-corrected chi connectivity index (χ2v) is 3.16. The number of carbonyl (C=O) groups excluding carboxylic acids is 1. The molecule has 1 rings (SSSR count). The van der Waals surface area contributed by atoms with Crippen LogP contribution in [0.25, 0.3) is 0 Å². The second kappa shape index (κ2) is 4.04. The molecule has 1 unspecified atom stereocenters. The smallest absolute Gasteiger partial charge is 0.286 e. The highest BCUT2D eigenvalue weighted by Crippen LogP contribution is 2.36. The maximum Gasteiger partial charge on any atom is 0.403 e. The second-order valence-electron chi connectivity index (χ2n) is 2.72. The fourth-order valence-corrected chi connectivity index (χ4v) is 1.41. The van der Waals surface area contributed by atoms with Gasteiger partial charge in [0.15, 0.2) is 0 Å². The van der Waals surface area contributed by atoms with Crippen molar-refractivity contribution in [3.63, 3.8) is 0 Å². The summed E-state index contributed by atoms with van der Waals surface area (Å²) < 4.78 is 37.2. The maximum atomic E-state index is 12.4. The van der Waals surface area contributed by atoms with E-state index >= 15 is 0 Å². The molecule has 0 bridgehead atoms. The highest BCUT2D eigenvalue weighted by Gasteiger charge is 2.44. The van der Waals surface area contributed by atoms with Crippen LogP contribution in [0, 0.1) is 0 Å².